The smallest absolute Gasteiger partial charge is 0.250 e. The molecular weight excluding hydrogens is 409 g/mol. The van der Waals surface area contributed by atoms with Gasteiger partial charge in [0.2, 0.25) is 17.8 Å². The zero-order valence-corrected chi connectivity index (χ0v) is 17.0. The van der Waals surface area contributed by atoms with Gasteiger partial charge in [0.15, 0.2) is 0 Å². The number of hydrogen-bond acceptors (Lipinski definition) is 7. The molecular formula is C20H19Cl2N7. The van der Waals surface area contributed by atoms with E-state index in [0.29, 0.717) is 33.5 Å². The minimum absolute atomic E-state index is 0.342. The van der Waals surface area contributed by atoms with Crippen LogP contribution in [0.25, 0.3) is 0 Å². The van der Waals surface area contributed by atoms with Crippen molar-refractivity contribution in [3.05, 3.63) is 64.1 Å². The van der Waals surface area contributed by atoms with Crippen LogP contribution in [0.3, 0.4) is 0 Å². The van der Waals surface area contributed by atoms with E-state index in [-0.39, 0.29) is 0 Å². The van der Waals surface area contributed by atoms with Crippen LogP contribution in [0.1, 0.15) is 18.4 Å². The Labute approximate surface area is 178 Å². The molecule has 0 aliphatic carbocycles. The summed E-state index contributed by atoms with van der Waals surface area (Å²) >= 11 is 12.2. The van der Waals surface area contributed by atoms with E-state index in [0.717, 1.165) is 31.6 Å². The van der Waals surface area contributed by atoms with Gasteiger partial charge < -0.3 is 10.2 Å². The molecule has 4 rings (SSSR count). The maximum Gasteiger partial charge on any atom is 0.250 e. The highest BCUT2D eigenvalue weighted by molar-refractivity contribution is 6.43. The normalized spacial score (nSPS) is 13.8. The molecule has 2 heterocycles. The number of rotatable bonds is 6. The number of aromatic nitrogens is 3. The fourth-order valence-electron chi connectivity index (χ4n) is 2.96. The number of benzene rings is 2. The highest BCUT2D eigenvalue weighted by Crippen LogP contribution is 2.24. The average molecular weight is 428 g/mol. The topological polar surface area (TPSA) is 78.3 Å². The molecule has 1 aliphatic rings. The van der Waals surface area contributed by atoms with E-state index < -0.39 is 0 Å². The summed E-state index contributed by atoms with van der Waals surface area (Å²) in [6.07, 6.45) is 3.83. The Morgan fingerprint density at radius 2 is 1.66 bits per heavy atom. The Bertz CT molecular complexity index is 1000. The van der Waals surface area contributed by atoms with E-state index in [1.54, 1.807) is 12.3 Å². The Morgan fingerprint density at radius 1 is 0.897 bits per heavy atom. The van der Waals surface area contributed by atoms with Crippen LogP contribution in [0.2, 0.25) is 10.0 Å². The summed E-state index contributed by atoms with van der Waals surface area (Å²) in [5, 5.41) is 8.34. The minimum Gasteiger partial charge on any atom is -0.341 e. The van der Waals surface area contributed by atoms with Gasteiger partial charge in [-0.25, -0.2) is 5.43 Å². The van der Waals surface area contributed by atoms with Crippen molar-refractivity contribution < 1.29 is 0 Å². The molecule has 1 saturated heterocycles. The third-order valence-electron chi connectivity index (χ3n) is 4.39. The summed E-state index contributed by atoms with van der Waals surface area (Å²) < 4.78 is 0. The average Bonchev–Trinajstić information content (AvgIpc) is 3.27. The predicted octanol–water partition coefficient (Wildman–Crippen LogP) is 4.97. The second kappa shape index (κ2) is 9.07. The number of para-hydroxylation sites is 1. The molecule has 0 spiro atoms. The van der Waals surface area contributed by atoms with Gasteiger partial charge in [-0.3, -0.25) is 0 Å². The molecule has 3 aromatic rings. The van der Waals surface area contributed by atoms with Gasteiger partial charge in [-0.2, -0.15) is 20.1 Å². The van der Waals surface area contributed by atoms with Crippen LogP contribution in [0.4, 0.5) is 23.5 Å². The molecule has 0 amide bonds. The molecule has 0 atom stereocenters. The van der Waals surface area contributed by atoms with Gasteiger partial charge in [0.25, 0.3) is 0 Å². The van der Waals surface area contributed by atoms with Crippen LogP contribution in [-0.4, -0.2) is 34.3 Å². The van der Waals surface area contributed by atoms with Crippen LogP contribution in [-0.2, 0) is 0 Å². The van der Waals surface area contributed by atoms with Crippen molar-refractivity contribution in [3.63, 3.8) is 0 Å². The van der Waals surface area contributed by atoms with E-state index in [9.17, 15) is 0 Å². The van der Waals surface area contributed by atoms with E-state index in [1.165, 1.54) is 0 Å². The fraction of sp³-hybridized carbons (Fsp3) is 0.200. The number of nitrogens with one attached hydrogen (secondary N) is 2. The third-order valence-corrected chi connectivity index (χ3v) is 5.23. The number of nitrogens with zero attached hydrogens (tertiary/aromatic N) is 5. The van der Waals surface area contributed by atoms with E-state index >= 15 is 0 Å². The van der Waals surface area contributed by atoms with Gasteiger partial charge in [-0.15, -0.1) is 0 Å². The van der Waals surface area contributed by atoms with Crippen LogP contribution in [0, 0.1) is 0 Å². The number of anilines is 4. The van der Waals surface area contributed by atoms with Gasteiger partial charge in [-0.1, -0.05) is 53.5 Å². The molecule has 148 valence electrons. The van der Waals surface area contributed by atoms with Crippen molar-refractivity contribution in [2.75, 3.05) is 28.7 Å². The maximum absolute atomic E-state index is 6.19. The Kier molecular flexibility index (Phi) is 6.07. The Balaban J connectivity index is 1.57. The van der Waals surface area contributed by atoms with E-state index in [4.69, 9.17) is 23.2 Å². The molecule has 0 saturated carbocycles. The quantitative estimate of drug-likeness (QED) is 0.427. The zero-order valence-electron chi connectivity index (χ0n) is 15.5. The minimum atomic E-state index is 0.342. The van der Waals surface area contributed by atoms with Gasteiger partial charge in [-0.05, 0) is 31.0 Å². The van der Waals surface area contributed by atoms with Gasteiger partial charge >= 0.3 is 0 Å². The molecule has 0 radical (unpaired) electrons. The summed E-state index contributed by atoms with van der Waals surface area (Å²) in [5.41, 5.74) is 4.46. The molecule has 0 bridgehead atoms. The first-order valence-corrected chi connectivity index (χ1v) is 10.0. The van der Waals surface area contributed by atoms with Crippen molar-refractivity contribution in [1.29, 1.82) is 0 Å². The summed E-state index contributed by atoms with van der Waals surface area (Å²) in [4.78, 5) is 15.6. The predicted molar refractivity (Wildman–Crippen MR) is 119 cm³/mol. The van der Waals surface area contributed by atoms with Crippen LogP contribution in [0.5, 0.6) is 0 Å². The zero-order chi connectivity index (χ0) is 20.1. The van der Waals surface area contributed by atoms with E-state index in [1.807, 2.05) is 42.5 Å². The van der Waals surface area contributed by atoms with Crippen LogP contribution >= 0.6 is 23.2 Å². The maximum atomic E-state index is 6.19. The standard InChI is InChI=1S/C20H19Cl2N7/c21-16-10-6-7-14(17(16)22)13-23-28-19-25-18(24-15-8-2-1-3-9-15)26-20(27-19)29-11-4-5-12-29/h1-3,6-10,13H,4-5,11-12H2,(H2,24,25,26,27,28)/b23-13+. The first kappa shape index (κ1) is 19.4. The van der Waals surface area contributed by atoms with Crippen LogP contribution < -0.4 is 15.6 Å². The van der Waals surface area contributed by atoms with Gasteiger partial charge in [0.05, 0.1) is 16.3 Å². The van der Waals surface area contributed by atoms with Crippen molar-refractivity contribution in [3.8, 4) is 0 Å². The van der Waals surface area contributed by atoms with Gasteiger partial charge in [0, 0.05) is 24.3 Å². The Hall–Kier alpha value is -2.90. The number of hydrogen-bond donors (Lipinski definition) is 2. The second-order valence-corrected chi connectivity index (χ2v) is 7.27. The highest BCUT2D eigenvalue weighted by Gasteiger charge is 2.17. The first-order chi connectivity index (χ1) is 14.2. The fourth-order valence-corrected chi connectivity index (χ4v) is 3.32. The van der Waals surface area contributed by atoms with Crippen molar-refractivity contribution >= 4 is 52.9 Å². The highest BCUT2D eigenvalue weighted by atomic mass is 35.5. The SMILES string of the molecule is Clc1cccc(/C=N/Nc2nc(Nc3ccccc3)nc(N3CCCC3)n2)c1Cl. The van der Waals surface area contributed by atoms with Crippen molar-refractivity contribution in [2.45, 2.75) is 12.8 Å². The molecule has 2 aromatic carbocycles. The number of hydrazone groups is 1. The molecule has 1 aliphatic heterocycles. The van der Waals surface area contributed by atoms with E-state index in [2.05, 4.69) is 35.7 Å². The van der Waals surface area contributed by atoms with Crippen molar-refractivity contribution in [1.82, 2.24) is 15.0 Å². The second-order valence-electron chi connectivity index (χ2n) is 6.48. The third kappa shape index (κ3) is 4.93. The molecule has 29 heavy (non-hydrogen) atoms. The van der Waals surface area contributed by atoms with Crippen LogP contribution in [0.15, 0.2) is 53.6 Å². The molecule has 2 N–H and O–H groups in total. The summed E-state index contributed by atoms with van der Waals surface area (Å²) in [7, 11) is 0. The molecule has 1 aromatic heterocycles. The monoisotopic (exact) mass is 427 g/mol. The molecule has 9 heteroatoms. The lowest BCUT2D eigenvalue weighted by atomic mass is 10.2. The lowest BCUT2D eigenvalue weighted by Gasteiger charge is -2.16. The molecule has 0 unspecified atom stereocenters. The molecule has 7 nitrogen and oxygen atoms in total. The lowest BCUT2D eigenvalue weighted by molar-refractivity contribution is 0.883. The summed E-state index contributed by atoms with van der Waals surface area (Å²) in [6.45, 7) is 1.85. The van der Waals surface area contributed by atoms with Crippen molar-refractivity contribution in [2.24, 2.45) is 5.10 Å². The largest absolute Gasteiger partial charge is 0.341 e. The summed E-state index contributed by atoms with van der Waals surface area (Å²) in [5.74, 6) is 1.41. The molecule has 1 fully saturated rings. The number of halogens is 2. The lowest BCUT2D eigenvalue weighted by Crippen LogP contribution is -2.21. The Morgan fingerprint density at radius 3 is 2.45 bits per heavy atom. The first-order valence-electron chi connectivity index (χ1n) is 9.25. The summed E-state index contributed by atoms with van der Waals surface area (Å²) in [6, 6.07) is 15.1. The van der Waals surface area contributed by atoms with Gasteiger partial charge in [0.1, 0.15) is 0 Å².